The number of benzene rings is 2. The van der Waals surface area contributed by atoms with Crippen LogP contribution in [0.15, 0.2) is 39.3 Å². The summed E-state index contributed by atoms with van der Waals surface area (Å²) in [6, 6.07) is 8.11. The van der Waals surface area contributed by atoms with Crippen LogP contribution in [0.1, 0.15) is 15.9 Å². The van der Waals surface area contributed by atoms with Gasteiger partial charge in [0, 0.05) is 20.2 Å². The number of halogens is 2. The first-order valence-electron chi connectivity index (χ1n) is 5.74. The quantitative estimate of drug-likeness (QED) is 0.666. The zero-order valence-electron chi connectivity index (χ0n) is 10.6. The lowest BCUT2D eigenvalue weighted by atomic mass is 10.1. The molecule has 0 saturated carbocycles. The Labute approximate surface area is 133 Å². The number of nitrogens with two attached hydrogens (primary N) is 1. The largest absolute Gasteiger partial charge is 0.508 e. The van der Waals surface area contributed by atoms with Gasteiger partial charge >= 0.3 is 0 Å². The van der Waals surface area contributed by atoms with Crippen molar-refractivity contribution in [2.24, 2.45) is 0 Å². The molecule has 0 saturated heterocycles. The number of rotatable bonds is 2. The summed E-state index contributed by atoms with van der Waals surface area (Å²) in [4.78, 5) is 12.2. The van der Waals surface area contributed by atoms with E-state index in [9.17, 15) is 9.90 Å². The van der Waals surface area contributed by atoms with Crippen molar-refractivity contribution in [2.75, 3.05) is 11.1 Å². The minimum atomic E-state index is -0.265. The number of amides is 1. The van der Waals surface area contributed by atoms with E-state index in [2.05, 4.69) is 37.2 Å². The average molecular weight is 400 g/mol. The molecule has 1 amide bonds. The Kier molecular flexibility index (Phi) is 4.35. The minimum Gasteiger partial charge on any atom is -0.508 e. The third kappa shape index (κ3) is 3.13. The fourth-order valence-corrected chi connectivity index (χ4v) is 3.11. The summed E-state index contributed by atoms with van der Waals surface area (Å²) in [6.45, 7) is 1.74. The second-order valence-corrected chi connectivity index (χ2v) is 6.02. The second kappa shape index (κ2) is 5.85. The molecule has 0 aliphatic carbocycles. The normalized spacial score (nSPS) is 10.3. The summed E-state index contributed by atoms with van der Waals surface area (Å²) >= 11 is 6.72. The van der Waals surface area contributed by atoms with E-state index in [1.54, 1.807) is 31.2 Å². The molecular formula is C14H12Br2N2O2. The van der Waals surface area contributed by atoms with Crippen LogP contribution < -0.4 is 11.1 Å². The number of nitrogens with one attached hydrogen (secondary N) is 1. The Hall–Kier alpha value is -1.53. The highest BCUT2D eigenvalue weighted by atomic mass is 79.9. The maximum absolute atomic E-state index is 12.2. The maximum Gasteiger partial charge on any atom is 0.255 e. The van der Waals surface area contributed by atoms with E-state index in [-0.39, 0.29) is 11.7 Å². The van der Waals surface area contributed by atoms with Gasteiger partial charge in [-0.15, -0.1) is 0 Å². The average Bonchev–Trinajstić information content (AvgIpc) is 2.36. The van der Waals surface area contributed by atoms with Gasteiger partial charge in [0.25, 0.3) is 5.91 Å². The summed E-state index contributed by atoms with van der Waals surface area (Å²) in [7, 11) is 0. The topological polar surface area (TPSA) is 75.4 Å². The van der Waals surface area contributed by atoms with Gasteiger partial charge in [0.1, 0.15) is 5.75 Å². The molecule has 0 bridgehead atoms. The number of carbonyl (C=O) groups is 1. The standard InChI is InChI=1S/C14H12Br2N2O2/c1-7-4-8(2-3-12(7)19)14(20)18-13-10(15)5-9(17)6-11(13)16/h2-6,19H,17H2,1H3,(H,18,20). The van der Waals surface area contributed by atoms with Gasteiger partial charge in [0.05, 0.1) is 5.69 Å². The second-order valence-electron chi connectivity index (χ2n) is 4.31. The minimum absolute atomic E-state index is 0.163. The third-order valence-corrected chi connectivity index (χ3v) is 4.01. The number of carbonyl (C=O) groups excluding carboxylic acids is 1. The summed E-state index contributed by atoms with van der Waals surface area (Å²) in [5, 5.41) is 12.3. The molecule has 0 aliphatic heterocycles. The third-order valence-electron chi connectivity index (χ3n) is 2.76. The van der Waals surface area contributed by atoms with Crippen molar-refractivity contribution >= 4 is 49.1 Å². The molecule has 2 aromatic rings. The number of phenolic OH excluding ortho intramolecular Hbond substituents is 1. The Bertz CT molecular complexity index is 664. The molecule has 0 aliphatic rings. The molecule has 0 heterocycles. The first-order chi connectivity index (χ1) is 9.38. The number of aryl methyl sites for hydroxylation is 1. The van der Waals surface area contributed by atoms with Crippen molar-refractivity contribution < 1.29 is 9.90 Å². The number of hydrogen-bond acceptors (Lipinski definition) is 3. The van der Waals surface area contributed by atoms with Crippen LogP contribution in [0, 0.1) is 6.92 Å². The number of nitrogen functional groups attached to an aromatic ring is 1. The van der Waals surface area contributed by atoms with Crippen LogP contribution in [0.2, 0.25) is 0 Å². The van der Waals surface area contributed by atoms with Crippen LogP contribution in [0.3, 0.4) is 0 Å². The van der Waals surface area contributed by atoms with Gasteiger partial charge in [-0.05, 0) is 74.7 Å². The predicted octanol–water partition coefficient (Wildman–Crippen LogP) is 4.06. The summed E-state index contributed by atoms with van der Waals surface area (Å²) in [5.74, 6) is -0.101. The molecule has 0 fully saturated rings. The first-order valence-corrected chi connectivity index (χ1v) is 7.32. The predicted molar refractivity (Wildman–Crippen MR) is 87.1 cm³/mol. The summed E-state index contributed by atoms with van der Waals surface area (Å²) < 4.78 is 1.38. The molecule has 0 atom stereocenters. The van der Waals surface area contributed by atoms with Gasteiger partial charge in [-0.2, -0.15) is 0 Å². The van der Waals surface area contributed by atoms with Gasteiger partial charge < -0.3 is 16.2 Å². The number of hydrogen-bond donors (Lipinski definition) is 3. The molecular weight excluding hydrogens is 388 g/mol. The molecule has 2 aromatic carbocycles. The van der Waals surface area contributed by atoms with Gasteiger partial charge in [-0.3, -0.25) is 4.79 Å². The number of anilines is 2. The first kappa shape index (κ1) is 14.9. The number of phenols is 1. The summed E-state index contributed by atoms with van der Waals surface area (Å²) in [6.07, 6.45) is 0. The van der Waals surface area contributed by atoms with E-state index in [0.717, 1.165) is 0 Å². The maximum atomic E-state index is 12.2. The van der Waals surface area contributed by atoms with Gasteiger partial charge in [0.15, 0.2) is 0 Å². The van der Waals surface area contributed by atoms with Crippen LogP contribution in [-0.2, 0) is 0 Å². The van der Waals surface area contributed by atoms with Gasteiger partial charge in [0.2, 0.25) is 0 Å². The Morgan fingerprint density at radius 1 is 1.20 bits per heavy atom. The van der Waals surface area contributed by atoms with Crippen molar-refractivity contribution in [2.45, 2.75) is 6.92 Å². The highest BCUT2D eigenvalue weighted by Gasteiger charge is 2.12. The molecule has 20 heavy (non-hydrogen) atoms. The van der Waals surface area contributed by atoms with Crippen LogP contribution in [0.25, 0.3) is 0 Å². The highest BCUT2D eigenvalue weighted by Crippen LogP contribution is 2.33. The molecule has 0 radical (unpaired) electrons. The Morgan fingerprint density at radius 3 is 2.35 bits per heavy atom. The van der Waals surface area contributed by atoms with Crippen LogP contribution >= 0.6 is 31.9 Å². The lowest BCUT2D eigenvalue weighted by Crippen LogP contribution is -2.13. The van der Waals surface area contributed by atoms with E-state index < -0.39 is 0 Å². The smallest absolute Gasteiger partial charge is 0.255 e. The SMILES string of the molecule is Cc1cc(C(=O)Nc2c(Br)cc(N)cc2Br)ccc1O. The van der Waals surface area contributed by atoms with Gasteiger partial charge in [-0.25, -0.2) is 0 Å². The van der Waals surface area contributed by atoms with Crippen LogP contribution in [0.4, 0.5) is 11.4 Å². The van der Waals surface area contributed by atoms with E-state index >= 15 is 0 Å². The van der Waals surface area contributed by atoms with E-state index in [1.807, 2.05) is 0 Å². The molecule has 0 spiro atoms. The molecule has 104 valence electrons. The van der Waals surface area contributed by atoms with E-state index in [0.29, 0.717) is 31.4 Å². The monoisotopic (exact) mass is 398 g/mol. The lowest BCUT2D eigenvalue weighted by molar-refractivity contribution is 0.102. The van der Waals surface area contributed by atoms with Crippen molar-refractivity contribution in [1.82, 2.24) is 0 Å². The van der Waals surface area contributed by atoms with E-state index in [4.69, 9.17) is 5.73 Å². The van der Waals surface area contributed by atoms with E-state index in [1.165, 1.54) is 6.07 Å². The lowest BCUT2D eigenvalue weighted by Gasteiger charge is -2.11. The molecule has 4 N–H and O–H groups in total. The summed E-state index contributed by atoms with van der Waals surface area (Å²) in [5.41, 5.74) is 8.01. The molecule has 0 unspecified atom stereocenters. The molecule has 0 aromatic heterocycles. The Morgan fingerprint density at radius 2 is 1.80 bits per heavy atom. The highest BCUT2D eigenvalue weighted by molar-refractivity contribution is 9.11. The molecule has 2 rings (SSSR count). The fraction of sp³-hybridized carbons (Fsp3) is 0.0714. The van der Waals surface area contributed by atoms with Crippen LogP contribution in [0.5, 0.6) is 5.75 Å². The van der Waals surface area contributed by atoms with Crippen molar-refractivity contribution in [3.8, 4) is 5.75 Å². The number of aromatic hydroxyl groups is 1. The zero-order chi connectivity index (χ0) is 14.9. The molecule has 6 heteroatoms. The van der Waals surface area contributed by atoms with Gasteiger partial charge in [-0.1, -0.05) is 0 Å². The van der Waals surface area contributed by atoms with Crippen LogP contribution in [-0.4, -0.2) is 11.0 Å². The fourth-order valence-electron chi connectivity index (χ4n) is 1.69. The van der Waals surface area contributed by atoms with Crippen molar-refractivity contribution in [3.05, 3.63) is 50.4 Å². The molecule has 4 nitrogen and oxygen atoms in total. The van der Waals surface area contributed by atoms with Crippen molar-refractivity contribution in [3.63, 3.8) is 0 Å². The van der Waals surface area contributed by atoms with Crippen molar-refractivity contribution in [1.29, 1.82) is 0 Å². The zero-order valence-corrected chi connectivity index (χ0v) is 13.7. The Balaban J connectivity index is 2.30.